The fraction of sp³-hybridized carbons (Fsp3) is 0.667. The Hall–Kier alpha value is -2.19. The molecule has 2 saturated heterocycles. The molecule has 4 aliphatic heterocycles. The van der Waals surface area contributed by atoms with E-state index in [0.29, 0.717) is 19.5 Å². The normalized spacial score (nSPS) is 36.4. The number of aliphatic hydroxyl groups is 1. The van der Waals surface area contributed by atoms with Gasteiger partial charge in [-0.05, 0) is 20.3 Å². The maximum Gasteiger partial charge on any atom is 0.249 e. The number of amides is 3. The summed E-state index contributed by atoms with van der Waals surface area (Å²) < 4.78 is 6.45. The summed E-state index contributed by atoms with van der Waals surface area (Å²) in [7, 11) is 1.72. The Labute approximate surface area is 170 Å². The Morgan fingerprint density at radius 3 is 2.62 bits per heavy atom. The molecule has 1 spiro atoms. The monoisotopic (exact) mass is 403 g/mol. The SMILES string of the molecule is CC(C)N1CC=C[C@]23O[C@H]4C=CCN(C)C(=O)[C@H]4[C@H]2C(=O)N(CCCO)C3C1=O. The van der Waals surface area contributed by atoms with Gasteiger partial charge < -0.3 is 24.5 Å². The van der Waals surface area contributed by atoms with Crippen LogP contribution in [0.15, 0.2) is 24.3 Å². The smallest absolute Gasteiger partial charge is 0.249 e. The zero-order valence-electron chi connectivity index (χ0n) is 17.2. The second-order valence-corrected chi connectivity index (χ2v) is 8.58. The van der Waals surface area contributed by atoms with Crippen LogP contribution in [-0.4, -0.2) is 94.6 Å². The number of likely N-dealkylation sites (tertiary alicyclic amines) is 1. The Morgan fingerprint density at radius 1 is 1.17 bits per heavy atom. The maximum absolute atomic E-state index is 13.6. The Morgan fingerprint density at radius 2 is 1.93 bits per heavy atom. The van der Waals surface area contributed by atoms with Gasteiger partial charge in [0, 0.05) is 39.3 Å². The average molecular weight is 403 g/mol. The largest absolute Gasteiger partial charge is 0.396 e. The van der Waals surface area contributed by atoms with E-state index in [1.54, 1.807) is 16.8 Å². The van der Waals surface area contributed by atoms with E-state index in [2.05, 4.69) is 0 Å². The van der Waals surface area contributed by atoms with Gasteiger partial charge in [-0.15, -0.1) is 0 Å². The van der Waals surface area contributed by atoms with Gasteiger partial charge in [0.15, 0.2) is 0 Å². The summed E-state index contributed by atoms with van der Waals surface area (Å²) in [6, 6.07) is -0.859. The molecule has 29 heavy (non-hydrogen) atoms. The van der Waals surface area contributed by atoms with E-state index in [-0.39, 0.29) is 36.9 Å². The molecular formula is C21H29N3O5. The van der Waals surface area contributed by atoms with Crippen molar-refractivity contribution in [3.8, 4) is 0 Å². The van der Waals surface area contributed by atoms with Crippen molar-refractivity contribution in [2.24, 2.45) is 11.8 Å². The second-order valence-electron chi connectivity index (χ2n) is 8.58. The van der Waals surface area contributed by atoms with Crippen LogP contribution in [0.25, 0.3) is 0 Å². The topological polar surface area (TPSA) is 90.4 Å². The molecule has 2 fully saturated rings. The van der Waals surface area contributed by atoms with Crippen molar-refractivity contribution < 1.29 is 24.2 Å². The minimum atomic E-state index is -1.17. The number of hydrogen-bond donors (Lipinski definition) is 1. The van der Waals surface area contributed by atoms with Gasteiger partial charge in [-0.2, -0.15) is 0 Å². The van der Waals surface area contributed by atoms with Crippen molar-refractivity contribution in [3.05, 3.63) is 24.3 Å². The highest BCUT2D eigenvalue weighted by atomic mass is 16.5. The van der Waals surface area contributed by atoms with Gasteiger partial charge in [-0.25, -0.2) is 0 Å². The molecule has 0 bridgehead atoms. The molecule has 8 heteroatoms. The molecular weight excluding hydrogens is 374 g/mol. The third kappa shape index (κ3) is 2.84. The first-order chi connectivity index (χ1) is 13.8. The minimum absolute atomic E-state index is 0.0318. The molecule has 3 amide bonds. The van der Waals surface area contributed by atoms with Crippen molar-refractivity contribution in [1.82, 2.24) is 14.7 Å². The molecule has 158 valence electrons. The Bertz CT molecular complexity index is 778. The van der Waals surface area contributed by atoms with E-state index >= 15 is 0 Å². The van der Waals surface area contributed by atoms with Crippen LogP contribution in [0.5, 0.6) is 0 Å². The van der Waals surface area contributed by atoms with Crippen LogP contribution in [0.2, 0.25) is 0 Å². The first-order valence-electron chi connectivity index (χ1n) is 10.3. The number of fused-ring (bicyclic) bond motifs is 2. The lowest BCUT2D eigenvalue weighted by molar-refractivity contribution is -0.149. The predicted octanol–water partition coefficient (Wildman–Crippen LogP) is -0.215. The zero-order valence-corrected chi connectivity index (χ0v) is 17.2. The number of carbonyl (C=O) groups is 3. The molecule has 8 nitrogen and oxygen atoms in total. The van der Waals surface area contributed by atoms with Crippen molar-refractivity contribution in [1.29, 1.82) is 0 Å². The number of ether oxygens (including phenoxy) is 1. The van der Waals surface area contributed by atoms with Crippen LogP contribution in [0.3, 0.4) is 0 Å². The van der Waals surface area contributed by atoms with E-state index in [1.165, 1.54) is 4.90 Å². The summed E-state index contributed by atoms with van der Waals surface area (Å²) in [5.74, 6) is -1.95. The number of aliphatic hydroxyl groups excluding tert-OH is 1. The fourth-order valence-electron chi connectivity index (χ4n) is 5.23. The van der Waals surface area contributed by atoms with Crippen LogP contribution in [-0.2, 0) is 19.1 Å². The van der Waals surface area contributed by atoms with Crippen LogP contribution in [0, 0.1) is 11.8 Å². The molecule has 4 rings (SSSR count). The molecule has 1 unspecified atom stereocenters. The van der Waals surface area contributed by atoms with E-state index in [4.69, 9.17) is 4.74 Å². The number of rotatable bonds is 4. The fourth-order valence-corrected chi connectivity index (χ4v) is 5.23. The van der Waals surface area contributed by atoms with Crippen LogP contribution in [0.1, 0.15) is 20.3 Å². The lowest BCUT2D eigenvalue weighted by atomic mass is 9.77. The zero-order chi connectivity index (χ0) is 20.9. The number of carbonyl (C=O) groups excluding carboxylic acids is 3. The van der Waals surface area contributed by atoms with E-state index in [9.17, 15) is 19.5 Å². The summed E-state index contributed by atoms with van der Waals surface area (Å²) in [6.07, 6.45) is 7.29. The van der Waals surface area contributed by atoms with E-state index in [0.717, 1.165) is 0 Å². The quantitative estimate of drug-likeness (QED) is 0.656. The summed E-state index contributed by atoms with van der Waals surface area (Å²) in [5.41, 5.74) is -1.17. The third-order valence-electron chi connectivity index (χ3n) is 6.57. The van der Waals surface area contributed by atoms with E-state index in [1.807, 2.05) is 38.2 Å². The maximum atomic E-state index is 13.6. The molecule has 0 aliphatic carbocycles. The van der Waals surface area contributed by atoms with Crippen LogP contribution >= 0.6 is 0 Å². The molecule has 1 N–H and O–H groups in total. The van der Waals surface area contributed by atoms with Gasteiger partial charge in [0.25, 0.3) is 0 Å². The number of nitrogens with zero attached hydrogens (tertiary/aromatic N) is 3. The van der Waals surface area contributed by atoms with E-state index < -0.39 is 29.6 Å². The summed E-state index contributed by atoms with van der Waals surface area (Å²) in [6.45, 7) is 4.96. The molecule has 4 aliphatic rings. The van der Waals surface area contributed by atoms with Gasteiger partial charge in [-0.3, -0.25) is 14.4 Å². The molecule has 0 aromatic carbocycles. The van der Waals surface area contributed by atoms with Gasteiger partial charge in [0.05, 0.1) is 17.9 Å². The summed E-state index contributed by atoms with van der Waals surface area (Å²) >= 11 is 0. The van der Waals surface area contributed by atoms with Crippen molar-refractivity contribution in [2.75, 3.05) is 33.3 Å². The van der Waals surface area contributed by atoms with Gasteiger partial charge in [0.1, 0.15) is 11.6 Å². The highest BCUT2D eigenvalue weighted by Crippen LogP contribution is 2.53. The number of hydrogen-bond acceptors (Lipinski definition) is 5. The standard InChI is InChI=1S/C21H29N3O5/c1-13(2)23-10-5-8-21-16(15-14(29-21)7-4-9-22(3)18(15)26)19(27)24(11-6-12-25)17(21)20(23)28/h4-5,7-8,13-17,25H,6,9-12H2,1-3H3/t14-,15+,16-,17?,21-/m0/s1. The third-order valence-corrected chi connectivity index (χ3v) is 6.57. The van der Waals surface area contributed by atoms with Crippen molar-refractivity contribution in [3.63, 3.8) is 0 Å². The first-order valence-corrected chi connectivity index (χ1v) is 10.3. The van der Waals surface area contributed by atoms with Gasteiger partial charge in [0.2, 0.25) is 17.7 Å². The van der Waals surface area contributed by atoms with Crippen molar-refractivity contribution in [2.45, 2.75) is 44.1 Å². The molecule has 0 saturated carbocycles. The van der Waals surface area contributed by atoms with Crippen LogP contribution in [0.4, 0.5) is 0 Å². The van der Waals surface area contributed by atoms with Gasteiger partial charge in [-0.1, -0.05) is 24.3 Å². The second kappa shape index (κ2) is 7.25. The lowest BCUT2D eigenvalue weighted by Crippen LogP contribution is -2.56. The molecule has 0 aromatic rings. The first kappa shape index (κ1) is 20.1. The molecule has 0 radical (unpaired) electrons. The summed E-state index contributed by atoms with van der Waals surface area (Å²) in [4.78, 5) is 45.1. The van der Waals surface area contributed by atoms with Gasteiger partial charge >= 0.3 is 0 Å². The Balaban J connectivity index is 1.83. The minimum Gasteiger partial charge on any atom is -0.396 e. The molecule has 0 aromatic heterocycles. The number of likely N-dealkylation sites (N-methyl/N-ethyl adjacent to an activating group) is 1. The van der Waals surface area contributed by atoms with Crippen LogP contribution < -0.4 is 0 Å². The lowest BCUT2D eigenvalue weighted by Gasteiger charge is -2.36. The van der Waals surface area contributed by atoms with Crippen molar-refractivity contribution >= 4 is 17.7 Å². The highest BCUT2D eigenvalue weighted by Gasteiger charge is 2.71. The molecule has 4 heterocycles. The highest BCUT2D eigenvalue weighted by molar-refractivity contribution is 5.99. The summed E-state index contributed by atoms with van der Waals surface area (Å²) in [5, 5.41) is 9.32. The average Bonchev–Trinajstić information content (AvgIpc) is 2.99. The molecule has 5 atom stereocenters. The Kier molecular flexibility index (Phi) is 5.02. The predicted molar refractivity (Wildman–Crippen MR) is 105 cm³/mol.